The number of nitrogens with zero attached hydrogens (tertiary/aromatic N) is 6. The first kappa shape index (κ1) is 28.2. The van der Waals surface area contributed by atoms with Crippen LogP contribution >= 0.6 is 0 Å². The van der Waals surface area contributed by atoms with Crippen molar-refractivity contribution in [1.82, 2.24) is 25.0 Å². The van der Waals surface area contributed by atoms with E-state index in [0.717, 1.165) is 71.4 Å². The van der Waals surface area contributed by atoms with Gasteiger partial charge in [-0.2, -0.15) is 5.26 Å². The standard InChI is InChI=1S/C33H41N7O2/c1-35-32(41)42-31-9-5-8-30(31)33(22-39-23-36-37-24-39,27-6-3-2-4-7-27)28-14-16-38(17-15-28)19-26-20-40(21-26)29-12-10-25(18-34)11-13-29/h2-4,6-7,10-13,23-24,26,28,30-31H,5,8-9,14-17,19-22H2,1H3,(H,35,41)/t30-,31-,33-/m0/s1. The Kier molecular flexibility index (Phi) is 8.43. The molecule has 1 aromatic heterocycles. The fraction of sp³-hybridized carbons (Fsp3) is 0.515. The summed E-state index contributed by atoms with van der Waals surface area (Å²) in [6, 6.07) is 21.1. The second-order valence-electron chi connectivity index (χ2n) is 12.3. The molecule has 0 bridgehead atoms. The normalized spacial score (nSPS) is 23.1. The molecule has 0 unspecified atom stereocenters. The van der Waals surface area contributed by atoms with Crippen LogP contribution in [0.1, 0.15) is 43.2 Å². The molecule has 42 heavy (non-hydrogen) atoms. The Morgan fingerprint density at radius 2 is 1.74 bits per heavy atom. The molecule has 220 valence electrons. The van der Waals surface area contributed by atoms with Crippen LogP contribution in [-0.2, 0) is 16.7 Å². The van der Waals surface area contributed by atoms with E-state index in [1.54, 1.807) is 7.05 Å². The molecule has 2 saturated heterocycles. The van der Waals surface area contributed by atoms with Gasteiger partial charge in [-0.15, -0.1) is 10.2 Å². The van der Waals surface area contributed by atoms with Crippen molar-refractivity contribution in [3.05, 3.63) is 78.4 Å². The molecule has 0 spiro atoms. The average molecular weight is 568 g/mol. The molecule has 1 saturated carbocycles. The van der Waals surface area contributed by atoms with Crippen molar-refractivity contribution in [2.75, 3.05) is 44.7 Å². The lowest BCUT2D eigenvalue weighted by atomic mass is 9.58. The van der Waals surface area contributed by atoms with E-state index in [9.17, 15) is 4.79 Å². The molecule has 3 atom stereocenters. The Hall–Kier alpha value is -3.90. The van der Waals surface area contributed by atoms with Crippen molar-refractivity contribution in [2.45, 2.75) is 50.2 Å². The van der Waals surface area contributed by atoms with Gasteiger partial charge >= 0.3 is 6.09 Å². The Morgan fingerprint density at radius 3 is 2.40 bits per heavy atom. The van der Waals surface area contributed by atoms with Crippen molar-refractivity contribution in [3.63, 3.8) is 0 Å². The molecule has 9 nitrogen and oxygen atoms in total. The van der Waals surface area contributed by atoms with Gasteiger partial charge in [0, 0.05) is 56.2 Å². The average Bonchev–Trinajstić information content (AvgIpc) is 3.71. The lowest BCUT2D eigenvalue weighted by molar-refractivity contribution is 0.00199. The number of aromatic nitrogens is 3. The van der Waals surface area contributed by atoms with Gasteiger partial charge in [-0.3, -0.25) is 0 Å². The zero-order valence-electron chi connectivity index (χ0n) is 24.4. The van der Waals surface area contributed by atoms with Crippen LogP contribution in [0.2, 0.25) is 0 Å². The summed E-state index contributed by atoms with van der Waals surface area (Å²) in [5, 5.41) is 20.0. The van der Waals surface area contributed by atoms with E-state index in [4.69, 9.17) is 10.00 Å². The number of benzene rings is 2. The van der Waals surface area contributed by atoms with Gasteiger partial charge in [0.15, 0.2) is 0 Å². The van der Waals surface area contributed by atoms with Gasteiger partial charge in [-0.05, 0) is 80.9 Å². The predicted molar refractivity (Wildman–Crippen MR) is 161 cm³/mol. The third-order valence-corrected chi connectivity index (χ3v) is 9.95. The maximum Gasteiger partial charge on any atom is 0.407 e. The molecule has 1 aliphatic carbocycles. The van der Waals surface area contributed by atoms with Crippen molar-refractivity contribution in [1.29, 1.82) is 5.26 Å². The van der Waals surface area contributed by atoms with E-state index >= 15 is 0 Å². The molecular weight excluding hydrogens is 526 g/mol. The first-order valence-electron chi connectivity index (χ1n) is 15.3. The maximum absolute atomic E-state index is 12.4. The molecule has 3 fully saturated rings. The van der Waals surface area contributed by atoms with Crippen LogP contribution in [0.25, 0.3) is 0 Å². The molecule has 9 heteroatoms. The van der Waals surface area contributed by atoms with Gasteiger partial charge in [0.05, 0.1) is 11.6 Å². The first-order chi connectivity index (χ1) is 20.6. The Balaban J connectivity index is 1.18. The quantitative estimate of drug-likeness (QED) is 0.408. The Labute approximate surface area is 248 Å². The minimum atomic E-state index is -0.344. The zero-order valence-corrected chi connectivity index (χ0v) is 24.4. The number of piperidine rings is 1. The largest absolute Gasteiger partial charge is 0.446 e. The molecule has 1 N–H and O–H groups in total. The number of anilines is 1. The molecule has 0 radical (unpaired) electrons. The second-order valence-corrected chi connectivity index (χ2v) is 12.3. The third-order valence-electron chi connectivity index (χ3n) is 9.95. The van der Waals surface area contributed by atoms with Crippen molar-refractivity contribution >= 4 is 11.8 Å². The summed E-state index contributed by atoms with van der Waals surface area (Å²) in [5.74, 6) is 1.31. The van der Waals surface area contributed by atoms with Gasteiger partial charge < -0.3 is 24.4 Å². The van der Waals surface area contributed by atoms with E-state index in [0.29, 0.717) is 17.4 Å². The lowest BCUT2D eigenvalue weighted by Crippen LogP contribution is -2.55. The highest BCUT2D eigenvalue weighted by molar-refractivity contribution is 5.67. The van der Waals surface area contributed by atoms with Crippen LogP contribution in [0.3, 0.4) is 0 Å². The van der Waals surface area contributed by atoms with E-state index in [-0.39, 0.29) is 23.5 Å². The topological polar surface area (TPSA) is 99.3 Å². The summed E-state index contributed by atoms with van der Waals surface area (Å²) in [6.45, 7) is 6.16. The third kappa shape index (κ3) is 5.73. The number of likely N-dealkylation sites (tertiary alicyclic amines) is 1. The van der Waals surface area contributed by atoms with Crippen LogP contribution < -0.4 is 10.2 Å². The summed E-state index contributed by atoms with van der Waals surface area (Å²) < 4.78 is 8.17. The molecule has 3 heterocycles. The van der Waals surface area contributed by atoms with Crippen molar-refractivity contribution < 1.29 is 9.53 Å². The number of ether oxygens (including phenoxy) is 1. The fourth-order valence-corrected chi connectivity index (χ4v) is 7.94. The van der Waals surface area contributed by atoms with E-state index < -0.39 is 0 Å². The highest BCUT2D eigenvalue weighted by Gasteiger charge is 2.53. The van der Waals surface area contributed by atoms with Gasteiger partial charge in [-0.1, -0.05) is 30.3 Å². The molecule has 3 aliphatic rings. The van der Waals surface area contributed by atoms with Gasteiger partial charge in [0.1, 0.15) is 18.8 Å². The highest BCUT2D eigenvalue weighted by Crippen LogP contribution is 2.52. The minimum absolute atomic E-state index is 0.122. The summed E-state index contributed by atoms with van der Waals surface area (Å²) in [5.41, 5.74) is 3.04. The van der Waals surface area contributed by atoms with Crippen LogP contribution in [0.15, 0.2) is 67.3 Å². The van der Waals surface area contributed by atoms with E-state index in [1.807, 2.05) is 24.8 Å². The van der Waals surface area contributed by atoms with Gasteiger partial charge in [-0.25, -0.2) is 4.79 Å². The minimum Gasteiger partial charge on any atom is -0.446 e. The highest BCUT2D eigenvalue weighted by atomic mass is 16.6. The number of hydrogen-bond acceptors (Lipinski definition) is 7. The SMILES string of the molecule is CNC(=O)O[C@H]1CCC[C@@H]1[C@@](Cn1cnnc1)(c1ccccc1)C1CCN(CC2CN(c3ccc(C#N)cc3)C2)CC1. The Morgan fingerprint density at radius 1 is 1.02 bits per heavy atom. The number of nitriles is 1. The van der Waals surface area contributed by atoms with Crippen molar-refractivity contribution in [3.8, 4) is 6.07 Å². The molecular formula is C33H41N7O2. The van der Waals surface area contributed by atoms with Crippen LogP contribution in [0.4, 0.5) is 10.5 Å². The Bertz CT molecular complexity index is 1340. The molecule has 6 rings (SSSR count). The number of carbonyl (C=O) groups is 1. The lowest BCUT2D eigenvalue weighted by Gasteiger charge is -2.51. The van der Waals surface area contributed by atoms with Gasteiger partial charge in [0.25, 0.3) is 0 Å². The van der Waals surface area contributed by atoms with Crippen LogP contribution in [-0.4, -0.2) is 71.6 Å². The van der Waals surface area contributed by atoms with E-state index in [1.165, 1.54) is 11.3 Å². The number of nitrogens with one attached hydrogen (secondary N) is 1. The summed E-state index contributed by atoms with van der Waals surface area (Å²) >= 11 is 0. The molecule has 2 aromatic carbocycles. The predicted octanol–water partition coefficient (Wildman–Crippen LogP) is 4.46. The van der Waals surface area contributed by atoms with E-state index in [2.05, 4.69) is 78.4 Å². The molecule has 2 aliphatic heterocycles. The molecule has 1 amide bonds. The number of hydrogen-bond donors (Lipinski definition) is 1. The first-order valence-corrected chi connectivity index (χ1v) is 15.3. The summed E-state index contributed by atoms with van der Waals surface area (Å²) in [4.78, 5) is 17.5. The number of amides is 1. The zero-order chi connectivity index (χ0) is 28.9. The number of rotatable bonds is 9. The van der Waals surface area contributed by atoms with Crippen molar-refractivity contribution in [2.24, 2.45) is 17.8 Å². The number of carbonyl (C=O) groups excluding carboxylic acids is 1. The van der Waals surface area contributed by atoms with Gasteiger partial charge in [0.2, 0.25) is 0 Å². The smallest absolute Gasteiger partial charge is 0.407 e. The second kappa shape index (κ2) is 12.5. The fourth-order valence-electron chi connectivity index (χ4n) is 7.94. The summed E-state index contributed by atoms with van der Waals surface area (Å²) in [6.07, 6.45) is 8.38. The molecule has 3 aromatic rings. The summed E-state index contributed by atoms with van der Waals surface area (Å²) in [7, 11) is 1.63. The van der Waals surface area contributed by atoms with Crippen LogP contribution in [0, 0.1) is 29.1 Å². The van der Waals surface area contributed by atoms with Crippen LogP contribution in [0.5, 0.6) is 0 Å². The number of alkyl carbamates (subject to hydrolysis) is 1. The maximum atomic E-state index is 12.4. The monoisotopic (exact) mass is 567 g/mol.